The summed E-state index contributed by atoms with van der Waals surface area (Å²) in [7, 11) is 1.61. The Hall–Kier alpha value is -3.42. The predicted octanol–water partition coefficient (Wildman–Crippen LogP) is 4.58. The van der Waals surface area contributed by atoms with E-state index < -0.39 is 0 Å². The standard InChI is InChI=1S/C23H23N3O3S/c1-28-15-16-29-21-13-7-17(8-14-21)22(27)26-23(30)25-20-11-9-19(10-12-20)24-18-5-3-2-4-6-18/h2-14,24H,15-16H2,1H3,(H2,25,26,27,30). The number of rotatable bonds is 8. The van der Waals surface area contributed by atoms with Crippen LogP contribution in [0.3, 0.4) is 0 Å². The van der Waals surface area contributed by atoms with Gasteiger partial charge < -0.3 is 20.1 Å². The number of carbonyl (C=O) groups is 1. The Morgan fingerprint density at radius 3 is 2.13 bits per heavy atom. The van der Waals surface area contributed by atoms with E-state index in [1.807, 2.05) is 54.6 Å². The Morgan fingerprint density at radius 1 is 0.833 bits per heavy atom. The largest absolute Gasteiger partial charge is 0.491 e. The molecule has 0 aromatic heterocycles. The van der Waals surface area contributed by atoms with Gasteiger partial charge in [0, 0.05) is 29.7 Å². The number of methoxy groups -OCH3 is 1. The normalized spacial score (nSPS) is 10.2. The van der Waals surface area contributed by atoms with E-state index in [9.17, 15) is 4.79 Å². The molecule has 0 atom stereocenters. The number of carbonyl (C=O) groups excluding carboxylic acids is 1. The molecule has 0 aliphatic carbocycles. The van der Waals surface area contributed by atoms with E-state index in [0.717, 1.165) is 17.1 Å². The van der Waals surface area contributed by atoms with Crippen LogP contribution in [0.1, 0.15) is 10.4 Å². The second-order valence-electron chi connectivity index (χ2n) is 6.34. The van der Waals surface area contributed by atoms with Crippen LogP contribution in [0.5, 0.6) is 5.75 Å². The molecule has 0 fully saturated rings. The number of anilines is 3. The van der Waals surface area contributed by atoms with E-state index >= 15 is 0 Å². The van der Waals surface area contributed by atoms with Crippen molar-refractivity contribution in [2.75, 3.05) is 31.0 Å². The van der Waals surface area contributed by atoms with Crippen LogP contribution in [-0.2, 0) is 4.74 Å². The minimum atomic E-state index is -0.293. The molecule has 0 aliphatic rings. The van der Waals surface area contributed by atoms with Gasteiger partial charge in [0.1, 0.15) is 12.4 Å². The summed E-state index contributed by atoms with van der Waals surface area (Å²) in [4.78, 5) is 12.4. The van der Waals surface area contributed by atoms with Crippen molar-refractivity contribution in [1.82, 2.24) is 5.32 Å². The fraction of sp³-hybridized carbons (Fsp3) is 0.130. The topological polar surface area (TPSA) is 71.6 Å². The molecule has 6 nitrogen and oxygen atoms in total. The molecule has 3 rings (SSSR count). The average molecular weight is 422 g/mol. The van der Waals surface area contributed by atoms with E-state index in [1.54, 1.807) is 31.4 Å². The lowest BCUT2D eigenvalue weighted by molar-refractivity contribution is 0.0977. The summed E-state index contributed by atoms with van der Waals surface area (Å²) in [6.07, 6.45) is 0. The van der Waals surface area contributed by atoms with Crippen molar-refractivity contribution in [2.45, 2.75) is 0 Å². The van der Waals surface area contributed by atoms with Gasteiger partial charge in [-0.15, -0.1) is 0 Å². The second kappa shape index (κ2) is 10.9. The molecule has 154 valence electrons. The van der Waals surface area contributed by atoms with Crippen molar-refractivity contribution in [1.29, 1.82) is 0 Å². The van der Waals surface area contributed by atoms with Gasteiger partial charge in [-0.05, 0) is 72.9 Å². The summed E-state index contributed by atoms with van der Waals surface area (Å²) in [6, 6.07) is 24.4. The highest BCUT2D eigenvalue weighted by molar-refractivity contribution is 7.80. The smallest absolute Gasteiger partial charge is 0.257 e. The number of para-hydroxylation sites is 1. The number of thiocarbonyl (C=S) groups is 1. The molecule has 0 spiro atoms. The maximum Gasteiger partial charge on any atom is 0.257 e. The van der Waals surface area contributed by atoms with Crippen LogP contribution in [0.4, 0.5) is 17.1 Å². The molecule has 0 radical (unpaired) electrons. The Morgan fingerprint density at radius 2 is 1.47 bits per heavy atom. The Bertz CT molecular complexity index is 961. The van der Waals surface area contributed by atoms with Crippen LogP contribution in [0.15, 0.2) is 78.9 Å². The summed E-state index contributed by atoms with van der Waals surface area (Å²) in [5, 5.41) is 9.23. The van der Waals surface area contributed by atoms with Crippen LogP contribution in [0.25, 0.3) is 0 Å². The SMILES string of the molecule is COCCOc1ccc(C(=O)NC(=S)Nc2ccc(Nc3ccccc3)cc2)cc1. The second-order valence-corrected chi connectivity index (χ2v) is 6.75. The Kier molecular flexibility index (Phi) is 7.77. The number of hydrogen-bond acceptors (Lipinski definition) is 5. The Balaban J connectivity index is 1.49. The van der Waals surface area contributed by atoms with Crippen LogP contribution in [-0.4, -0.2) is 31.3 Å². The van der Waals surface area contributed by atoms with E-state index in [1.165, 1.54) is 0 Å². The fourth-order valence-corrected chi connectivity index (χ4v) is 2.82. The number of hydrogen-bond donors (Lipinski definition) is 3. The Labute approximate surface area is 181 Å². The summed E-state index contributed by atoms with van der Waals surface area (Å²) in [5.74, 6) is 0.381. The molecule has 1 amide bonds. The molecule has 0 aliphatic heterocycles. The van der Waals surface area contributed by atoms with Gasteiger partial charge in [-0.3, -0.25) is 10.1 Å². The van der Waals surface area contributed by atoms with Crippen LogP contribution >= 0.6 is 12.2 Å². The number of amides is 1. The predicted molar refractivity (Wildman–Crippen MR) is 124 cm³/mol. The van der Waals surface area contributed by atoms with Crippen molar-refractivity contribution in [2.24, 2.45) is 0 Å². The highest BCUT2D eigenvalue weighted by Crippen LogP contribution is 2.18. The lowest BCUT2D eigenvalue weighted by Gasteiger charge is -2.11. The first-order valence-corrected chi connectivity index (χ1v) is 9.81. The van der Waals surface area contributed by atoms with E-state index in [4.69, 9.17) is 21.7 Å². The van der Waals surface area contributed by atoms with Crippen molar-refractivity contribution < 1.29 is 14.3 Å². The fourth-order valence-electron chi connectivity index (χ4n) is 2.61. The minimum Gasteiger partial charge on any atom is -0.491 e. The van der Waals surface area contributed by atoms with Gasteiger partial charge in [0.2, 0.25) is 0 Å². The molecule has 0 saturated heterocycles. The van der Waals surface area contributed by atoms with Crippen LogP contribution in [0.2, 0.25) is 0 Å². The molecule has 0 saturated carbocycles. The summed E-state index contributed by atoms with van der Waals surface area (Å²) in [5.41, 5.74) is 3.23. The van der Waals surface area contributed by atoms with Crippen LogP contribution < -0.4 is 20.7 Å². The zero-order chi connectivity index (χ0) is 21.2. The van der Waals surface area contributed by atoms with Gasteiger partial charge in [-0.2, -0.15) is 0 Å². The van der Waals surface area contributed by atoms with Gasteiger partial charge in [-0.1, -0.05) is 18.2 Å². The first-order chi connectivity index (χ1) is 14.6. The summed E-state index contributed by atoms with van der Waals surface area (Å²) in [6.45, 7) is 0.960. The first kappa shape index (κ1) is 21.3. The van der Waals surface area contributed by atoms with Gasteiger partial charge in [0.15, 0.2) is 5.11 Å². The van der Waals surface area contributed by atoms with Crippen molar-refractivity contribution in [3.8, 4) is 5.75 Å². The maximum atomic E-state index is 12.4. The van der Waals surface area contributed by atoms with E-state index in [2.05, 4.69) is 16.0 Å². The summed E-state index contributed by atoms with van der Waals surface area (Å²) >= 11 is 5.25. The van der Waals surface area contributed by atoms with E-state index in [-0.39, 0.29) is 11.0 Å². The molecule has 3 aromatic rings. The zero-order valence-corrected chi connectivity index (χ0v) is 17.4. The third-order valence-electron chi connectivity index (χ3n) is 4.10. The van der Waals surface area contributed by atoms with Crippen molar-refractivity contribution in [3.63, 3.8) is 0 Å². The lowest BCUT2D eigenvalue weighted by atomic mass is 10.2. The average Bonchev–Trinajstić information content (AvgIpc) is 2.76. The molecule has 3 aromatic carbocycles. The number of benzene rings is 3. The van der Waals surface area contributed by atoms with Gasteiger partial charge in [0.05, 0.1) is 6.61 Å². The maximum absolute atomic E-state index is 12.4. The van der Waals surface area contributed by atoms with Gasteiger partial charge >= 0.3 is 0 Å². The van der Waals surface area contributed by atoms with E-state index in [0.29, 0.717) is 24.5 Å². The highest BCUT2D eigenvalue weighted by Gasteiger charge is 2.08. The molecule has 0 heterocycles. The quantitative estimate of drug-likeness (QED) is 0.365. The lowest BCUT2D eigenvalue weighted by Crippen LogP contribution is -2.34. The highest BCUT2D eigenvalue weighted by atomic mass is 32.1. The molecule has 0 unspecified atom stereocenters. The van der Waals surface area contributed by atoms with Gasteiger partial charge in [0.25, 0.3) is 5.91 Å². The third-order valence-corrected chi connectivity index (χ3v) is 4.31. The molecular weight excluding hydrogens is 398 g/mol. The monoisotopic (exact) mass is 421 g/mol. The molecule has 30 heavy (non-hydrogen) atoms. The van der Waals surface area contributed by atoms with Gasteiger partial charge in [-0.25, -0.2) is 0 Å². The van der Waals surface area contributed by atoms with Crippen molar-refractivity contribution in [3.05, 3.63) is 84.4 Å². The molecule has 7 heteroatoms. The van der Waals surface area contributed by atoms with Crippen molar-refractivity contribution >= 4 is 40.3 Å². The first-order valence-electron chi connectivity index (χ1n) is 9.40. The molecular formula is C23H23N3O3S. The number of nitrogens with one attached hydrogen (secondary N) is 3. The van der Waals surface area contributed by atoms with Crippen LogP contribution in [0, 0.1) is 0 Å². The third kappa shape index (κ3) is 6.58. The molecule has 3 N–H and O–H groups in total. The zero-order valence-electron chi connectivity index (χ0n) is 16.6. The minimum absolute atomic E-state index is 0.226. The summed E-state index contributed by atoms with van der Waals surface area (Å²) < 4.78 is 10.4. The molecule has 0 bridgehead atoms. The number of ether oxygens (including phenoxy) is 2.